The largest absolute Gasteiger partial charge is 0.369 e. The maximum atomic E-state index is 11.6. The highest BCUT2D eigenvalue weighted by molar-refractivity contribution is 5.91. The fraction of sp³-hybridized carbons (Fsp3) is 0.500. The predicted octanol–water partition coefficient (Wildman–Crippen LogP) is 3.17. The van der Waals surface area contributed by atoms with Crippen LogP contribution < -0.4 is 5.32 Å². The van der Waals surface area contributed by atoms with Gasteiger partial charge in [-0.25, -0.2) is 0 Å². The van der Waals surface area contributed by atoms with Gasteiger partial charge in [-0.05, 0) is 37.5 Å². The van der Waals surface area contributed by atoms with E-state index >= 15 is 0 Å². The van der Waals surface area contributed by atoms with E-state index in [9.17, 15) is 4.79 Å². The lowest BCUT2D eigenvalue weighted by atomic mass is 10.0. The smallest absolute Gasteiger partial charge is 0.250 e. The Kier molecular flexibility index (Phi) is 5.16. The van der Waals surface area contributed by atoms with Crippen molar-refractivity contribution in [3.8, 4) is 0 Å². The molecule has 0 fully saturated rings. The number of nitrogens with one attached hydrogen (secondary N) is 1. The molecule has 1 rings (SSSR count). The summed E-state index contributed by atoms with van der Waals surface area (Å²) in [4.78, 5) is 11.6. The van der Waals surface area contributed by atoms with Crippen LogP contribution in [0.5, 0.6) is 0 Å². The molecule has 94 valence electrons. The standard InChI is InChI=1S/C14H21NO2/c1-10(2)12-6-5-7-13(8-12)15-14(16)9-17-11(3)4/h5-8,10-11H,9H2,1-4H3,(H,15,16). The maximum Gasteiger partial charge on any atom is 0.250 e. The van der Waals surface area contributed by atoms with Crippen LogP contribution in [0, 0.1) is 0 Å². The first kappa shape index (κ1) is 13.7. The molecular formula is C14H21NO2. The lowest BCUT2D eigenvalue weighted by molar-refractivity contribution is -0.121. The predicted molar refractivity (Wildman–Crippen MR) is 70.2 cm³/mol. The third kappa shape index (κ3) is 5.00. The molecule has 0 aliphatic rings. The van der Waals surface area contributed by atoms with Crippen molar-refractivity contribution < 1.29 is 9.53 Å². The number of benzene rings is 1. The summed E-state index contributed by atoms with van der Waals surface area (Å²) in [5, 5.41) is 2.83. The van der Waals surface area contributed by atoms with Crippen LogP contribution in [0.15, 0.2) is 24.3 Å². The molecule has 0 radical (unpaired) electrons. The molecular weight excluding hydrogens is 214 g/mol. The molecule has 0 heterocycles. The van der Waals surface area contributed by atoms with Crippen molar-refractivity contribution in [1.29, 1.82) is 0 Å². The minimum Gasteiger partial charge on any atom is -0.369 e. The summed E-state index contributed by atoms with van der Waals surface area (Å²) in [5.41, 5.74) is 2.04. The molecule has 17 heavy (non-hydrogen) atoms. The van der Waals surface area contributed by atoms with E-state index in [-0.39, 0.29) is 18.6 Å². The molecule has 1 aromatic carbocycles. The minimum atomic E-state index is -0.111. The van der Waals surface area contributed by atoms with Crippen LogP contribution in [-0.2, 0) is 9.53 Å². The average Bonchev–Trinajstić information content (AvgIpc) is 2.26. The van der Waals surface area contributed by atoms with Gasteiger partial charge >= 0.3 is 0 Å². The van der Waals surface area contributed by atoms with Crippen LogP contribution in [0.3, 0.4) is 0 Å². The van der Waals surface area contributed by atoms with Crippen molar-refractivity contribution in [2.45, 2.75) is 39.7 Å². The highest BCUT2D eigenvalue weighted by Crippen LogP contribution is 2.18. The monoisotopic (exact) mass is 235 g/mol. The highest BCUT2D eigenvalue weighted by Gasteiger charge is 2.05. The average molecular weight is 235 g/mol. The highest BCUT2D eigenvalue weighted by atomic mass is 16.5. The SMILES string of the molecule is CC(C)OCC(=O)Nc1cccc(C(C)C)c1. The van der Waals surface area contributed by atoms with Gasteiger partial charge in [0.15, 0.2) is 0 Å². The second kappa shape index (κ2) is 6.40. The Bertz CT molecular complexity index is 372. The Labute approximate surface area is 103 Å². The van der Waals surface area contributed by atoms with E-state index in [2.05, 4.69) is 25.2 Å². The fourth-order valence-electron chi connectivity index (χ4n) is 1.41. The minimum absolute atomic E-state index is 0.0720. The van der Waals surface area contributed by atoms with Gasteiger partial charge in [-0.1, -0.05) is 26.0 Å². The molecule has 0 saturated carbocycles. The van der Waals surface area contributed by atoms with Crippen LogP contribution in [0.25, 0.3) is 0 Å². The van der Waals surface area contributed by atoms with Gasteiger partial charge in [-0.2, -0.15) is 0 Å². The normalized spacial score (nSPS) is 10.9. The summed E-state index contributed by atoms with van der Waals surface area (Å²) in [7, 11) is 0. The molecule has 3 heteroatoms. The molecule has 0 aliphatic heterocycles. The number of anilines is 1. The van der Waals surface area contributed by atoms with Gasteiger partial charge in [0.2, 0.25) is 5.91 Å². The van der Waals surface area contributed by atoms with Crippen molar-refractivity contribution in [3.05, 3.63) is 29.8 Å². The van der Waals surface area contributed by atoms with E-state index in [4.69, 9.17) is 4.74 Å². The first-order valence-electron chi connectivity index (χ1n) is 6.00. The molecule has 0 aliphatic carbocycles. The third-order valence-corrected chi connectivity index (χ3v) is 2.38. The summed E-state index contributed by atoms with van der Waals surface area (Å²) in [6.45, 7) is 8.18. The van der Waals surface area contributed by atoms with E-state index in [1.807, 2.05) is 32.0 Å². The summed E-state index contributed by atoms with van der Waals surface area (Å²) in [5.74, 6) is 0.346. The van der Waals surface area contributed by atoms with Crippen molar-refractivity contribution >= 4 is 11.6 Å². The van der Waals surface area contributed by atoms with Crippen molar-refractivity contribution in [2.24, 2.45) is 0 Å². The quantitative estimate of drug-likeness (QED) is 0.851. The second-order valence-corrected chi connectivity index (χ2v) is 4.69. The van der Waals surface area contributed by atoms with Crippen LogP contribution in [0.4, 0.5) is 5.69 Å². The molecule has 1 amide bonds. The van der Waals surface area contributed by atoms with Crippen molar-refractivity contribution in [1.82, 2.24) is 0 Å². The number of carbonyl (C=O) groups is 1. The Morgan fingerprint density at radius 1 is 1.29 bits per heavy atom. The lowest BCUT2D eigenvalue weighted by Crippen LogP contribution is -2.20. The van der Waals surface area contributed by atoms with Gasteiger partial charge in [0, 0.05) is 5.69 Å². The fourth-order valence-corrected chi connectivity index (χ4v) is 1.41. The van der Waals surface area contributed by atoms with Crippen LogP contribution in [0.2, 0.25) is 0 Å². The Hall–Kier alpha value is -1.35. The van der Waals surface area contributed by atoms with Gasteiger partial charge in [-0.15, -0.1) is 0 Å². The molecule has 0 unspecified atom stereocenters. The first-order chi connectivity index (χ1) is 7.99. The van der Waals surface area contributed by atoms with Crippen molar-refractivity contribution in [3.63, 3.8) is 0 Å². The molecule has 0 bridgehead atoms. The van der Waals surface area contributed by atoms with Crippen LogP contribution in [0.1, 0.15) is 39.2 Å². The molecule has 1 aromatic rings. The van der Waals surface area contributed by atoms with Crippen LogP contribution in [-0.4, -0.2) is 18.6 Å². The van der Waals surface area contributed by atoms with Crippen LogP contribution >= 0.6 is 0 Å². The molecule has 0 aromatic heterocycles. The zero-order valence-corrected chi connectivity index (χ0v) is 11.0. The molecule has 3 nitrogen and oxygen atoms in total. The second-order valence-electron chi connectivity index (χ2n) is 4.69. The van der Waals surface area contributed by atoms with Crippen molar-refractivity contribution in [2.75, 3.05) is 11.9 Å². The number of hydrogen-bond acceptors (Lipinski definition) is 2. The number of ether oxygens (including phenoxy) is 1. The molecule has 0 atom stereocenters. The first-order valence-corrected chi connectivity index (χ1v) is 6.00. The lowest BCUT2D eigenvalue weighted by Gasteiger charge is -2.10. The maximum absolute atomic E-state index is 11.6. The van der Waals surface area contributed by atoms with E-state index in [0.717, 1.165) is 5.69 Å². The summed E-state index contributed by atoms with van der Waals surface area (Å²) in [6.07, 6.45) is 0.0720. The van der Waals surface area contributed by atoms with E-state index < -0.39 is 0 Å². The third-order valence-electron chi connectivity index (χ3n) is 2.38. The molecule has 0 spiro atoms. The summed E-state index contributed by atoms with van der Waals surface area (Å²) in [6, 6.07) is 7.90. The Balaban J connectivity index is 2.56. The number of rotatable bonds is 5. The summed E-state index contributed by atoms with van der Waals surface area (Å²) >= 11 is 0. The van der Waals surface area contributed by atoms with E-state index in [0.29, 0.717) is 5.92 Å². The number of carbonyl (C=O) groups excluding carboxylic acids is 1. The zero-order valence-electron chi connectivity index (χ0n) is 11.0. The number of amides is 1. The Morgan fingerprint density at radius 2 is 2.00 bits per heavy atom. The van der Waals surface area contributed by atoms with Gasteiger partial charge in [0.1, 0.15) is 6.61 Å². The Morgan fingerprint density at radius 3 is 2.59 bits per heavy atom. The van der Waals surface area contributed by atoms with Gasteiger partial charge in [-0.3, -0.25) is 4.79 Å². The van der Waals surface area contributed by atoms with E-state index in [1.54, 1.807) is 0 Å². The van der Waals surface area contributed by atoms with Gasteiger partial charge in [0.05, 0.1) is 6.10 Å². The van der Waals surface area contributed by atoms with Gasteiger partial charge in [0.25, 0.3) is 0 Å². The van der Waals surface area contributed by atoms with Gasteiger partial charge < -0.3 is 10.1 Å². The molecule has 1 N–H and O–H groups in total. The topological polar surface area (TPSA) is 38.3 Å². The molecule has 0 saturated heterocycles. The zero-order chi connectivity index (χ0) is 12.8. The van der Waals surface area contributed by atoms with E-state index in [1.165, 1.54) is 5.56 Å². The summed E-state index contributed by atoms with van der Waals surface area (Å²) < 4.78 is 5.24. The number of hydrogen-bond donors (Lipinski definition) is 1.